The summed E-state index contributed by atoms with van der Waals surface area (Å²) in [5.74, 6) is -0.896. The van der Waals surface area contributed by atoms with E-state index >= 15 is 0 Å². The predicted octanol–water partition coefficient (Wildman–Crippen LogP) is 10.3. The fraction of sp³-hybridized carbons (Fsp3) is 0.788. The van der Waals surface area contributed by atoms with Crippen molar-refractivity contribution in [2.24, 2.45) is 0 Å². The van der Waals surface area contributed by atoms with Crippen molar-refractivity contribution >= 4 is 5.97 Å². The van der Waals surface area contributed by atoms with Gasteiger partial charge < -0.3 is 14.6 Å². The van der Waals surface area contributed by atoms with Crippen molar-refractivity contribution in [3.8, 4) is 0 Å². The van der Waals surface area contributed by atoms with Crippen molar-refractivity contribution in [2.45, 2.75) is 155 Å². The molecule has 0 amide bonds. The molecule has 0 fully saturated rings. The van der Waals surface area contributed by atoms with E-state index in [1.54, 1.807) is 12.1 Å². The van der Waals surface area contributed by atoms with Gasteiger partial charge in [0.05, 0.1) is 18.8 Å². The normalized spacial score (nSPS) is 11.3. The number of rotatable bonds is 27. The lowest BCUT2D eigenvalue weighted by Crippen LogP contribution is -2.04. The van der Waals surface area contributed by atoms with E-state index < -0.39 is 5.97 Å². The largest absolute Gasteiger partial charge is 0.478 e. The quantitative estimate of drug-likeness (QED) is 0.118. The molecule has 0 saturated heterocycles. The molecule has 0 spiro atoms. The van der Waals surface area contributed by atoms with Crippen molar-refractivity contribution in [1.82, 2.24) is 0 Å². The number of carbonyl (C=O) groups is 1. The predicted molar refractivity (Wildman–Crippen MR) is 156 cm³/mol. The summed E-state index contributed by atoms with van der Waals surface area (Å²) in [6, 6.07) is 5.49. The van der Waals surface area contributed by atoms with Crippen LogP contribution < -0.4 is 0 Å². The zero-order valence-electron chi connectivity index (χ0n) is 24.4. The van der Waals surface area contributed by atoms with Crippen LogP contribution >= 0.6 is 0 Å². The first-order valence-corrected chi connectivity index (χ1v) is 15.7. The van der Waals surface area contributed by atoms with E-state index in [-0.39, 0.29) is 0 Å². The molecule has 1 rings (SSSR count). The Morgan fingerprint density at radius 1 is 0.541 bits per heavy atom. The van der Waals surface area contributed by atoms with Crippen molar-refractivity contribution in [1.29, 1.82) is 0 Å². The number of aromatic carboxylic acids is 1. The van der Waals surface area contributed by atoms with E-state index in [0.29, 0.717) is 18.8 Å². The van der Waals surface area contributed by atoms with Crippen molar-refractivity contribution < 1.29 is 19.4 Å². The maximum absolute atomic E-state index is 11.6. The minimum Gasteiger partial charge on any atom is -0.478 e. The Kier molecular flexibility index (Phi) is 22.7. The molecule has 4 nitrogen and oxygen atoms in total. The molecule has 0 aromatic heterocycles. The van der Waals surface area contributed by atoms with Gasteiger partial charge in [-0.1, -0.05) is 135 Å². The minimum atomic E-state index is -0.896. The van der Waals surface area contributed by atoms with Crippen LogP contribution in [0.5, 0.6) is 0 Å². The van der Waals surface area contributed by atoms with Crippen molar-refractivity contribution in [3.05, 3.63) is 34.9 Å². The summed E-state index contributed by atoms with van der Waals surface area (Å²) in [5, 5.41) is 9.50. The number of carboxylic acids is 1. The molecule has 0 bridgehead atoms. The van der Waals surface area contributed by atoms with Crippen LogP contribution in [0.1, 0.15) is 164 Å². The lowest BCUT2D eigenvalue weighted by atomic mass is 10.1. The van der Waals surface area contributed by atoms with Crippen LogP contribution in [0.3, 0.4) is 0 Å². The Morgan fingerprint density at radius 3 is 1.19 bits per heavy atom. The third-order valence-electron chi connectivity index (χ3n) is 7.12. The van der Waals surface area contributed by atoms with Gasteiger partial charge in [-0.25, -0.2) is 4.79 Å². The maximum Gasteiger partial charge on any atom is 0.335 e. The highest BCUT2D eigenvalue weighted by atomic mass is 16.5. The van der Waals surface area contributed by atoms with Gasteiger partial charge in [-0.15, -0.1) is 0 Å². The molecule has 0 atom stereocenters. The molecular formula is C33H58O4. The summed E-state index contributed by atoms with van der Waals surface area (Å²) in [5.41, 5.74) is 2.16. The van der Waals surface area contributed by atoms with Gasteiger partial charge >= 0.3 is 5.97 Å². The lowest BCUT2D eigenvalue weighted by molar-refractivity contribution is 0.0695. The Labute approximate surface area is 228 Å². The molecule has 0 aliphatic carbocycles. The Morgan fingerprint density at radius 2 is 0.865 bits per heavy atom. The van der Waals surface area contributed by atoms with Gasteiger partial charge in [-0.2, -0.15) is 0 Å². The molecule has 0 aliphatic heterocycles. The van der Waals surface area contributed by atoms with E-state index in [2.05, 4.69) is 13.8 Å². The first-order valence-electron chi connectivity index (χ1n) is 15.7. The van der Waals surface area contributed by atoms with Gasteiger partial charge in [-0.3, -0.25) is 0 Å². The van der Waals surface area contributed by atoms with E-state index in [1.165, 1.54) is 116 Å². The molecule has 214 valence electrons. The summed E-state index contributed by atoms with van der Waals surface area (Å²) < 4.78 is 11.7. The number of unbranched alkanes of at least 4 members (excludes halogenated alkanes) is 18. The van der Waals surface area contributed by atoms with Crippen LogP contribution in [-0.2, 0) is 22.7 Å². The molecule has 0 aliphatic rings. The van der Waals surface area contributed by atoms with Crippen LogP contribution in [0.15, 0.2) is 18.2 Å². The summed E-state index contributed by atoms with van der Waals surface area (Å²) in [7, 11) is 0. The first kappa shape index (κ1) is 33.6. The summed E-state index contributed by atoms with van der Waals surface area (Å²) in [4.78, 5) is 11.6. The molecular weight excluding hydrogens is 460 g/mol. The van der Waals surface area contributed by atoms with Crippen LogP contribution in [0.4, 0.5) is 0 Å². The van der Waals surface area contributed by atoms with Crippen LogP contribution in [-0.4, -0.2) is 24.3 Å². The number of hydrogen-bond donors (Lipinski definition) is 1. The lowest BCUT2D eigenvalue weighted by Gasteiger charge is -2.10. The summed E-state index contributed by atoms with van der Waals surface area (Å²) >= 11 is 0. The van der Waals surface area contributed by atoms with Crippen molar-refractivity contribution in [3.63, 3.8) is 0 Å². The highest BCUT2D eigenvalue weighted by molar-refractivity contribution is 5.88. The second kappa shape index (κ2) is 24.9. The Bertz CT molecular complexity index is 611. The molecule has 0 heterocycles. The molecule has 0 unspecified atom stereocenters. The van der Waals surface area contributed by atoms with Crippen molar-refractivity contribution in [2.75, 3.05) is 13.2 Å². The fourth-order valence-corrected chi connectivity index (χ4v) is 4.82. The highest BCUT2D eigenvalue weighted by Crippen LogP contribution is 2.15. The van der Waals surface area contributed by atoms with Gasteiger partial charge in [-0.05, 0) is 36.1 Å². The second-order valence-electron chi connectivity index (χ2n) is 10.8. The number of ether oxygens (including phenoxy) is 2. The molecule has 1 N–H and O–H groups in total. The SMILES string of the molecule is CCCCCCCCCCCCOCc1cc(COCCCCCCCCCCCC)cc(C(=O)O)c1. The zero-order chi connectivity index (χ0) is 26.8. The monoisotopic (exact) mass is 518 g/mol. The summed E-state index contributed by atoms with van der Waals surface area (Å²) in [6.07, 6.45) is 26.2. The molecule has 0 saturated carbocycles. The molecule has 1 aromatic rings. The van der Waals surface area contributed by atoms with E-state index in [1.807, 2.05) is 6.07 Å². The van der Waals surface area contributed by atoms with Crippen LogP contribution in [0.25, 0.3) is 0 Å². The van der Waals surface area contributed by atoms with Gasteiger partial charge in [0.2, 0.25) is 0 Å². The first-order chi connectivity index (χ1) is 18.2. The highest BCUT2D eigenvalue weighted by Gasteiger charge is 2.08. The molecule has 37 heavy (non-hydrogen) atoms. The number of carboxylic acid groups (broad SMARTS) is 1. The third-order valence-corrected chi connectivity index (χ3v) is 7.12. The number of benzene rings is 1. The average molecular weight is 519 g/mol. The standard InChI is InChI=1S/C33H58O4/c1-3-5-7-9-11-13-15-17-19-21-23-36-28-30-25-31(27-32(26-30)33(34)35)29-37-24-22-20-18-16-14-12-10-8-6-4-2/h25-27H,3-24,28-29H2,1-2H3,(H,34,35). The van der Waals surface area contributed by atoms with Gasteiger partial charge in [0.25, 0.3) is 0 Å². The maximum atomic E-state index is 11.6. The fourth-order valence-electron chi connectivity index (χ4n) is 4.82. The van der Waals surface area contributed by atoms with E-state index in [0.717, 1.165) is 37.2 Å². The Balaban J connectivity index is 2.14. The third kappa shape index (κ3) is 20.3. The molecule has 1 aromatic carbocycles. The van der Waals surface area contributed by atoms with E-state index in [4.69, 9.17) is 9.47 Å². The zero-order valence-corrected chi connectivity index (χ0v) is 24.4. The van der Waals surface area contributed by atoms with Gasteiger partial charge in [0.1, 0.15) is 0 Å². The van der Waals surface area contributed by atoms with Crippen LogP contribution in [0.2, 0.25) is 0 Å². The van der Waals surface area contributed by atoms with Gasteiger partial charge in [0, 0.05) is 13.2 Å². The molecule has 0 radical (unpaired) electrons. The van der Waals surface area contributed by atoms with Crippen LogP contribution in [0, 0.1) is 0 Å². The van der Waals surface area contributed by atoms with Gasteiger partial charge in [0.15, 0.2) is 0 Å². The summed E-state index contributed by atoms with van der Waals surface area (Å²) in [6.45, 7) is 6.92. The Hall–Kier alpha value is -1.39. The average Bonchev–Trinajstić information content (AvgIpc) is 2.90. The van der Waals surface area contributed by atoms with E-state index in [9.17, 15) is 9.90 Å². The smallest absolute Gasteiger partial charge is 0.335 e. The number of hydrogen-bond acceptors (Lipinski definition) is 3. The molecule has 4 heteroatoms. The second-order valence-corrected chi connectivity index (χ2v) is 10.8. The topological polar surface area (TPSA) is 55.8 Å². The minimum absolute atomic E-state index is 0.317.